The highest BCUT2D eigenvalue weighted by atomic mass is 16.6. The lowest BCUT2D eigenvalue weighted by Gasteiger charge is -2.08. The summed E-state index contributed by atoms with van der Waals surface area (Å²) < 4.78 is 31.8. The first-order chi connectivity index (χ1) is 15.7. The maximum absolute atomic E-state index is 11.4. The number of carbonyl (C=O) groups is 2. The molecule has 3 N–H and O–H groups in total. The first kappa shape index (κ1) is 29.8. The number of amides is 2. The van der Waals surface area contributed by atoms with E-state index in [2.05, 4.69) is 20.7 Å². The first-order valence-corrected chi connectivity index (χ1v) is 10.4. The van der Waals surface area contributed by atoms with E-state index >= 15 is 0 Å². The lowest BCUT2D eigenvalue weighted by Crippen LogP contribution is -2.34. The van der Waals surface area contributed by atoms with Crippen LogP contribution in [0.1, 0.15) is 6.42 Å². The second-order valence-electron chi connectivity index (χ2n) is 5.96. The third kappa shape index (κ3) is 25.8. The van der Waals surface area contributed by atoms with Crippen LogP contribution in [-0.4, -0.2) is 116 Å². The van der Waals surface area contributed by atoms with Crippen LogP contribution in [0.2, 0.25) is 0 Å². The molecule has 0 spiro atoms. The maximum Gasteiger partial charge on any atom is 0.404 e. The highest BCUT2D eigenvalue weighted by molar-refractivity contribution is 5.76. The average molecular weight is 466 g/mol. The monoisotopic (exact) mass is 465 g/mol. The zero-order chi connectivity index (χ0) is 23.5. The van der Waals surface area contributed by atoms with Gasteiger partial charge in [0.2, 0.25) is 5.91 Å². The predicted octanol–water partition coefficient (Wildman–Crippen LogP) is 0.170. The zero-order valence-corrected chi connectivity index (χ0v) is 18.4. The van der Waals surface area contributed by atoms with Crippen molar-refractivity contribution in [3.05, 3.63) is 10.4 Å². The summed E-state index contributed by atoms with van der Waals surface area (Å²) in [6.45, 7) is 5.77. The molecule has 2 amide bonds. The molecule has 0 aliphatic carbocycles. The van der Waals surface area contributed by atoms with Gasteiger partial charge < -0.3 is 44.2 Å². The van der Waals surface area contributed by atoms with Crippen molar-refractivity contribution in [2.24, 2.45) is 5.11 Å². The summed E-state index contributed by atoms with van der Waals surface area (Å²) in [6.07, 6.45) is -0.920. The van der Waals surface area contributed by atoms with Gasteiger partial charge in [-0.1, -0.05) is 5.11 Å². The Kier molecular flexibility index (Phi) is 23.4. The van der Waals surface area contributed by atoms with Crippen molar-refractivity contribution < 1.29 is 43.1 Å². The van der Waals surface area contributed by atoms with Crippen LogP contribution in [0, 0.1) is 0 Å². The van der Waals surface area contributed by atoms with E-state index in [0.29, 0.717) is 79.2 Å². The van der Waals surface area contributed by atoms with Crippen LogP contribution in [-0.2, 0) is 33.2 Å². The number of carboxylic acid groups (broad SMARTS) is 1. The molecule has 0 saturated heterocycles. The number of carbonyl (C=O) groups excluding carboxylic acids is 1. The van der Waals surface area contributed by atoms with Crippen LogP contribution >= 0.6 is 0 Å². The van der Waals surface area contributed by atoms with E-state index in [9.17, 15) is 9.59 Å². The van der Waals surface area contributed by atoms with Crippen molar-refractivity contribution in [3.63, 3.8) is 0 Å². The molecule has 186 valence electrons. The molecule has 0 aromatic rings. The number of hydrogen-bond acceptors (Lipinski definition) is 9. The van der Waals surface area contributed by atoms with Crippen molar-refractivity contribution in [2.75, 3.05) is 98.9 Å². The molecule has 0 rings (SSSR count). The minimum absolute atomic E-state index is 0.164. The number of azide groups is 1. The Balaban J connectivity index is 3.12. The van der Waals surface area contributed by atoms with Gasteiger partial charge in [-0.3, -0.25) is 4.79 Å². The van der Waals surface area contributed by atoms with Gasteiger partial charge in [0.1, 0.15) is 0 Å². The molecule has 0 heterocycles. The Morgan fingerprint density at radius 3 is 1.53 bits per heavy atom. The Hall–Kier alpha value is -2.19. The summed E-state index contributed by atoms with van der Waals surface area (Å²) in [5.74, 6) is -0.201. The van der Waals surface area contributed by atoms with Gasteiger partial charge in [-0.2, -0.15) is 0 Å². The average Bonchev–Trinajstić information content (AvgIpc) is 2.77. The lowest BCUT2D eigenvalue weighted by atomic mass is 10.4. The van der Waals surface area contributed by atoms with Crippen molar-refractivity contribution in [3.8, 4) is 0 Å². The molecule has 0 aliphatic heterocycles. The molecule has 32 heavy (non-hydrogen) atoms. The molecule has 0 saturated carbocycles. The molecule has 14 nitrogen and oxygen atoms in total. The van der Waals surface area contributed by atoms with Crippen LogP contribution in [0.3, 0.4) is 0 Å². The highest BCUT2D eigenvalue weighted by Gasteiger charge is 2.01. The fourth-order valence-corrected chi connectivity index (χ4v) is 1.98. The van der Waals surface area contributed by atoms with E-state index < -0.39 is 6.09 Å². The minimum atomic E-state index is -1.12. The van der Waals surface area contributed by atoms with Crippen LogP contribution in [0.4, 0.5) is 4.79 Å². The molecule has 0 aliphatic rings. The Morgan fingerprint density at radius 2 is 1.09 bits per heavy atom. The van der Waals surface area contributed by atoms with E-state index in [4.69, 9.17) is 39.1 Å². The van der Waals surface area contributed by atoms with Crippen LogP contribution in [0.25, 0.3) is 10.4 Å². The smallest absolute Gasteiger partial charge is 0.404 e. The maximum atomic E-state index is 11.4. The fraction of sp³-hybridized carbons (Fsp3) is 0.889. The molecule has 14 heteroatoms. The summed E-state index contributed by atoms with van der Waals surface area (Å²) in [6, 6.07) is 0. The Morgan fingerprint density at radius 1 is 0.688 bits per heavy atom. The molecule has 0 bridgehead atoms. The highest BCUT2D eigenvalue weighted by Crippen LogP contribution is 1.86. The third-order valence-corrected chi connectivity index (χ3v) is 3.46. The molecule has 0 radical (unpaired) electrons. The van der Waals surface area contributed by atoms with Gasteiger partial charge in [-0.25, -0.2) is 4.79 Å². The van der Waals surface area contributed by atoms with E-state index in [0.717, 1.165) is 0 Å². The summed E-state index contributed by atoms with van der Waals surface area (Å²) in [5, 5.41) is 16.5. The third-order valence-electron chi connectivity index (χ3n) is 3.46. The van der Waals surface area contributed by atoms with Crippen molar-refractivity contribution in [1.82, 2.24) is 10.6 Å². The van der Waals surface area contributed by atoms with Crippen molar-refractivity contribution in [2.45, 2.75) is 6.42 Å². The van der Waals surface area contributed by atoms with E-state index in [1.54, 1.807) is 0 Å². The quantitative estimate of drug-likeness (QED) is 0.0774. The van der Waals surface area contributed by atoms with Gasteiger partial charge >= 0.3 is 6.09 Å². The van der Waals surface area contributed by atoms with Crippen molar-refractivity contribution >= 4 is 12.0 Å². The van der Waals surface area contributed by atoms with Gasteiger partial charge in [-0.15, -0.1) is 0 Å². The fourth-order valence-electron chi connectivity index (χ4n) is 1.98. The SMILES string of the molecule is [N-]=[N+]=NCCOCCOCCOCCOCCOCCOCCC(=O)NCCNC(=O)O. The largest absolute Gasteiger partial charge is 0.465 e. The van der Waals surface area contributed by atoms with E-state index in [-0.39, 0.29) is 32.0 Å². The number of nitrogens with zero attached hydrogens (tertiary/aromatic N) is 3. The van der Waals surface area contributed by atoms with Crippen LogP contribution < -0.4 is 10.6 Å². The van der Waals surface area contributed by atoms with Crippen LogP contribution in [0.5, 0.6) is 0 Å². The van der Waals surface area contributed by atoms with Crippen LogP contribution in [0.15, 0.2) is 5.11 Å². The Bertz CT molecular complexity index is 507. The van der Waals surface area contributed by atoms with E-state index in [1.807, 2.05) is 0 Å². The first-order valence-electron chi connectivity index (χ1n) is 10.4. The van der Waals surface area contributed by atoms with Gasteiger partial charge in [0.05, 0.1) is 79.3 Å². The van der Waals surface area contributed by atoms with Crippen molar-refractivity contribution in [1.29, 1.82) is 0 Å². The molecular weight excluding hydrogens is 430 g/mol. The number of hydrogen-bond donors (Lipinski definition) is 3. The Labute approximate surface area is 187 Å². The number of rotatable bonds is 24. The predicted molar refractivity (Wildman–Crippen MR) is 113 cm³/mol. The molecular formula is C18H35N5O9. The molecule has 0 aromatic heterocycles. The normalized spacial score (nSPS) is 10.5. The topological polar surface area (TPSA) is 183 Å². The van der Waals surface area contributed by atoms with Gasteiger partial charge in [0, 0.05) is 31.0 Å². The second kappa shape index (κ2) is 25.1. The van der Waals surface area contributed by atoms with Gasteiger partial charge in [0.15, 0.2) is 0 Å². The molecule has 0 fully saturated rings. The number of ether oxygens (including phenoxy) is 6. The summed E-state index contributed by atoms with van der Waals surface area (Å²) in [7, 11) is 0. The summed E-state index contributed by atoms with van der Waals surface area (Å²) in [4.78, 5) is 24.3. The van der Waals surface area contributed by atoms with Gasteiger partial charge in [-0.05, 0) is 5.53 Å². The molecule has 0 aromatic carbocycles. The standard InChI is InChI=1S/C18H35N5O9/c19-23-22-4-6-28-8-10-30-12-14-32-16-15-31-13-11-29-9-7-27-5-1-17(24)20-2-3-21-18(25)26/h21H,1-16H2,(H,20,24)(H,25,26). The lowest BCUT2D eigenvalue weighted by molar-refractivity contribution is -0.122. The number of nitrogens with one attached hydrogen (secondary N) is 2. The molecule has 0 unspecified atom stereocenters. The molecule has 0 atom stereocenters. The summed E-state index contributed by atoms with van der Waals surface area (Å²) >= 11 is 0. The zero-order valence-electron chi connectivity index (χ0n) is 18.4. The minimum Gasteiger partial charge on any atom is -0.465 e. The summed E-state index contributed by atoms with van der Waals surface area (Å²) in [5.41, 5.74) is 8.09. The van der Waals surface area contributed by atoms with Gasteiger partial charge in [0.25, 0.3) is 0 Å². The van der Waals surface area contributed by atoms with E-state index in [1.165, 1.54) is 0 Å². The second-order valence-corrected chi connectivity index (χ2v) is 5.96.